The van der Waals surface area contributed by atoms with Gasteiger partial charge in [-0.25, -0.2) is 0 Å². The van der Waals surface area contributed by atoms with E-state index in [1.807, 2.05) is 42.0 Å². The first-order valence-corrected chi connectivity index (χ1v) is 7.46. The molecule has 2 heterocycles. The smallest absolute Gasteiger partial charge is 0.311 e. The van der Waals surface area contributed by atoms with Crippen molar-refractivity contribution in [1.82, 2.24) is 9.47 Å². The van der Waals surface area contributed by atoms with Crippen molar-refractivity contribution < 1.29 is 14.7 Å². The summed E-state index contributed by atoms with van der Waals surface area (Å²) >= 11 is 0. The van der Waals surface area contributed by atoms with Crippen molar-refractivity contribution in [2.24, 2.45) is 5.41 Å². The van der Waals surface area contributed by atoms with Gasteiger partial charge in [-0.3, -0.25) is 9.59 Å². The van der Waals surface area contributed by atoms with Crippen LogP contribution < -0.4 is 0 Å². The highest BCUT2D eigenvalue weighted by Crippen LogP contribution is 2.30. The molecule has 0 saturated carbocycles. The zero-order chi connectivity index (χ0) is 15.9. The summed E-state index contributed by atoms with van der Waals surface area (Å²) in [7, 11) is 0. The molecule has 1 amide bonds. The van der Waals surface area contributed by atoms with Crippen LogP contribution in [0.1, 0.15) is 18.9 Å². The van der Waals surface area contributed by atoms with Gasteiger partial charge in [-0.05, 0) is 31.9 Å². The molecule has 0 unspecified atom stereocenters. The van der Waals surface area contributed by atoms with Crippen molar-refractivity contribution in [3.05, 3.63) is 36.0 Å². The van der Waals surface area contributed by atoms with E-state index in [2.05, 4.69) is 0 Å². The predicted octanol–water partition coefficient (Wildman–Crippen LogP) is 2.27. The third-order valence-corrected chi connectivity index (χ3v) is 4.64. The fraction of sp³-hybridized carbons (Fsp3) is 0.412. The SMILES string of the molecule is Cc1cn(CC(=O)N2CC[C@@](C)(C(=O)O)C2)c2ccccc12. The molecule has 1 aromatic heterocycles. The van der Waals surface area contributed by atoms with Crippen LogP contribution in [0.15, 0.2) is 30.5 Å². The number of nitrogens with zero attached hydrogens (tertiary/aromatic N) is 2. The van der Waals surface area contributed by atoms with Crippen LogP contribution in [0.5, 0.6) is 0 Å². The molecule has 2 aromatic rings. The lowest BCUT2D eigenvalue weighted by Gasteiger charge is -2.20. The van der Waals surface area contributed by atoms with E-state index < -0.39 is 11.4 Å². The van der Waals surface area contributed by atoms with Gasteiger partial charge in [0.05, 0.1) is 5.41 Å². The number of carbonyl (C=O) groups excluding carboxylic acids is 1. The number of rotatable bonds is 3. The van der Waals surface area contributed by atoms with Crippen molar-refractivity contribution in [2.75, 3.05) is 13.1 Å². The number of amides is 1. The first-order valence-electron chi connectivity index (χ1n) is 7.46. The summed E-state index contributed by atoms with van der Waals surface area (Å²) in [5, 5.41) is 10.4. The zero-order valence-corrected chi connectivity index (χ0v) is 12.9. The van der Waals surface area contributed by atoms with Crippen LogP contribution in [0, 0.1) is 12.3 Å². The third-order valence-electron chi connectivity index (χ3n) is 4.64. The molecule has 1 N–H and O–H groups in total. The van der Waals surface area contributed by atoms with E-state index in [1.165, 1.54) is 0 Å². The number of benzene rings is 1. The number of hydrogen-bond donors (Lipinski definition) is 1. The third kappa shape index (κ3) is 2.36. The molecule has 5 heteroatoms. The molecule has 3 rings (SSSR count). The Hall–Kier alpha value is -2.30. The standard InChI is InChI=1S/C17H20N2O3/c1-12-9-19(14-6-4-3-5-13(12)14)10-15(20)18-8-7-17(2,11-18)16(21)22/h3-6,9H,7-8,10-11H2,1-2H3,(H,21,22)/t17-/m1/s1. The molecular weight excluding hydrogens is 280 g/mol. The van der Waals surface area contributed by atoms with Gasteiger partial charge in [-0.1, -0.05) is 18.2 Å². The van der Waals surface area contributed by atoms with Crippen molar-refractivity contribution in [3.8, 4) is 0 Å². The molecule has 1 aliphatic heterocycles. The Morgan fingerprint density at radius 3 is 2.73 bits per heavy atom. The monoisotopic (exact) mass is 300 g/mol. The van der Waals surface area contributed by atoms with E-state index in [1.54, 1.807) is 11.8 Å². The average molecular weight is 300 g/mol. The molecule has 1 saturated heterocycles. The van der Waals surface area contributed by atoms with Gasteiger partial charge in [0.1, 0.15) is 6.54 Å². The molecule has 0 spiro atoms. The summed E-state index contributed by atoms with van der Waals surface area (Å²) in [4.78, 5) is 25.4. The Morgan fingerprint density at radius 1 is 1.32 bits per heavy atom. The molecule has 0 bridgehead atoms. The highest BCUT2D eigenvalue weighted by atomic mass is 16.4. The van der Waals surface area contributed by atoms with Gasteiger partial charge in [0.15, 0.2) is 0 Å². The van der Waals surface area contributed by atoms with Crippen LogP contribution >= 0.6 is 0 Å². The molecule has 1 aromatic carbocycles. The molecule has 1 atom stereocenters. The molecule has 5 nitrogen and oxygen atoms in total. The minimum Gasteiger partial charge on any atom is -0.481 e. The van der Waals surface area contributed by atoms with Crippen LogP contribution in [-0.2, 0) is 16.1 Å². The summed E-state index contributed by atoms with van der Waals surface area (Å²) < 4.78 is 1.95. The number of carbonyl (C=O) groups is 2. The largest absolute Gasteiger partial charge is 0.481 e. The molecule has 1 fully saturated rings. The maximum atomic E-state index is 12.5. The Balaban J connectivity index is 1.79. The lowest BCUT2D eigenvalue weighted by atomic mass is 9.90. The Bertz CT molecular complexity index is 749. The Labute approximate surface area is 129 Å². The fourth-order valence-corrected chi connectivity index (χ4v) is 3.16. The van der Waals surface area contributed by atoms with Crippen molar-refractivity contribution in [2.45, 2.75) is 26.8 Å². The number of aliphatic carboxylic acids is 1. The second-order valence-electron chi connectivity index (χ2n) is 6.39. The van der Waals surface area contributed by atoms with Crippen LogP contribution in [0.2, 0.25) is 0 Å². The number of fused-ring (bicyclic) bond motifs is 1. The Kier molecular flexibility index (Phi) is 3.43. The van der Waals surface area contributed by atoms with Crippen LogP contribution in [0.25, 0.3) is 10.9 Å². The lowest BCUT2D eigenvalue weighted by molar-refractivity contribution is -0.147. The van der Waals surface area contributed by atoms with E-state index in [4.69, 9.17) is 0 Å². The molecule has 22 heavy (non-hydrogen) atoms. The second-order valence-corrected chi connectivity index (χ2v) is 6.39. The summed E-state index contributed by atoms with van der Waals surface area (Å²) in [5.74, 6) is -0.851. The predicted molar refractivity (Wildman–Crippen MR) is 83.6 cm³/mol. The summed E-state index contributed by atoms with van der Waals surface area (Å²) in [6, 6.07) is 7.99. The molecule has 116 valence electrons. The fourth-order valence-electron chi connectivity index (χ4n) is 3.16. The summed E-state index contributed by atoms with van der Waals surface area (Å²) in [5.41, 5.74) is 1.36. The topological polar surface area (TPSA) is 62.5 Å². The van der Waals surface area contributed by atoms with Crippen LogP contribution in [-0.4, -0.2) is 39.5 Å². The van der Waals surface area contributed by atoms with Gasteiger partial charge < -0.3 is 14.6 Å². The van der Waals surface area contributed by atoms with Crippen LogP contribution in [0.3, 0.4) is 0 Å². The van der Waals surface area contributed by atoms with Crippen molar-refractivity contribution >= 4 is 22.8 Å². The molecular formula is C17H20N2O3. The molecule has 1 aliphatic rings. The number of carboxylic acids is 1. The van der Waals surface area contributed by atoms with E-state index >= 15 is 0 Å². The number of para-hydroxylation sites is 1. The number of likely N-dealkylation sites (tertiary alicyclic amines) is 1. The van der Waals surface area contributed by atoms with E-state index in [0.29, 0.717) is 19.5 Å². The van der Waals surface area contributed by atoms with E-state index in [-0.39, 0.29) is 12.5 Å². The summed E-state index contributed by atoms with van der Waals surface area (Å²) in [6.07, 6.45) is 2.49. The minimum absolute atomic E-state index is 0.0225. The molecule has 0 aliphatic carbocycles. The first-order chi connectivity index (χ1) is 10.4. The van der Waals surface area contributed by atoms with Crippen molar-refractivity contribution in [3.63, 3.8) is 0 Å². The van der Waals surface area contributed by atoms with Crippen molar-refractivity contribution in [1.29, 1.82) is 0 Å². The quantitative estimate of drug-likeness (QED) is 0.946. The van der Waals surface area contributed by atoms with E-state index in [9.17, 15) is 14.7 Å². The van der Waals surface area contributed by atoms with Gasteiger partial charge in [-0.15, -0.1) is 0 Å². The number of aryl methyl sites for hydroxylation is 1. The summed E-state index contributed by atoms with van der Waals surface area (Å²) in [6.45, 7) is 4.79. The van der Waals surface area contributed by atoms with E-state index in [0.717, 1.165) is 16.5 Å². The molecule has 0 radical (unpaired) electrons. The number of aromatic nitrogens is 1. The number of carboxylic acid groups (broad SMARTS) is 1. The normalized spacial score (nSPS) is 21.5. The van der Waals surface area contributed by atoms with Gasteiger partial charge in [-0.2, -0.15) is 0 Å². The first kappa shape index (κ1) is 14.6. The lowest BCUT2D eigenvalue weighted by Crippen LogP contribution is -2.36. The van der Waals surface area contributed by atoms with Gasteiger partial charge >= 0.3 is 5.97 Å². The van der Waals surface area contributed by atoms with Gasteiger partial charge in [0, 0.05) is 30.2 Å². The van der Waals surface area contributed by atoms with Gasteiger partial charge in [0.2, 0.25) is 5.91 Å². The highest BCUT2D eigenvalue weighted by Gasteiger charge is 2.42. The average Bonchev–Trinajstić information content (AvgIpc) is 3.03. The number of hydrogen-bond acceptors (Lipinski definition) is 2. The maximum absolute atomic E-state index is 12.5. The van der Waals surface area contributed by atoms with Crippen LogP contribution in [0.4, 0.5) is 0 Å². The maximum Gasteiger partial charge on any atom is 0.311 e. The minimum atomic E-state index is -0.829. The highest BCUT2D eigenvalue weighted by molar-refractivity contribution is 5.86. The second kappa shape index (κ2) is 5.16. The van der Waals surface area contributed by atoms with Gasteiger partial charge in [0.25, 0.3) is 0 Å². The zero-order valence-electron chi connectivity index (χ0n) is 12.9. The Morgan fingerprint density at radius 2 is 2.05 bits per heavy atom.